The molecule has 0 saturated heterocycles. The third kappa shape index (κ3) is 3.55. The van der Waals surface area contributed by atoms with E-state index in [2.05, 4.69) is 41.1 Å². The monoisotopic (exact) mass is 256 g/mol. The summed E-state index contributed by atoms with van der Waals surface area (Å²) in [6, 6.07) is 12.3. The second-order valence-corrected chi connectivity index (χ2v) is 4.97. The Morgan fingerprint density at radius 1 is 1.21 bits per heavy atom. The van der Waals surface area contributed by atoms with Gasteiger partial charge in [-0.05, 0) is 37.1 Å². The van der Waals surface area contributed by atoms with Gasteiger partial charge in [0.1, 0.15) is 5.82 Å². The average Bonchev–Trinajstić information content (AvgIpc) is 2.41. The van der Waals surface area contributed by atoms with E-state index in [1.807, 2.05) is 19.2 Å². The van der Waals surface area contributed by atoms with Crippen LogP contribution in [0.25, 0.3) is 0 Å². The normalized spacial score (nSPS) is 12.2. The first-order chi connectivity index (χ1) is 9.06. The van der Waals surface area contributed by atoms with Crippen LogP contribution >= 0.6 is 0 Å². The van der Waals surface area contributed by atoms with Crippen molar-refractivity contribution in [3.05, 3.63) is 59.3 Å². The summed E-state index contributed by atoms with van der Waals surface area (Å²) in [7, 11) is 2.01. The number of aryl methyl sites for hydroxylation is 1. The van der Waals surface area contributed by atoms with E-state index in [0.717, 1.165) is 17.9 Å². The Morgan fingerprint density at radius 3 is 2.53 bits per heavy atom. The second-order valence-electron chi connectivity index (χ2n) is 4.97. The van der Waals surface area contributed by atoms with Crippen molar-refractivity contribution in [2.75, 3.05) is 11.9 Å². The fraction of sp³-hybridized carbons (Fsp3) is 0.312. The average molecular weight is 256 g/mol. The first-order valence-electron chi connectivity index (χ1n) is 6.47. The standard InChI is InChI=1S/C16H20N2O/c1-12-4-6-14(7-5-12)11-18(3)16-10-15(13(2)19)8-9-17-16/h4-10,13,19H,11H2,1-3H3. The molecule has 1 aromatic heterocycles. The topological polar surface area (TPSA) is 36.4 Å². The maximum atomic E-state index is 9.60. The summed E-state index contributed by atoms with van der Waals surface area (Å²) in [4.78, 5) is 6.43. The Labute approximate surface area is 114 Å². The zero-order valence-electron chi connectivity index (χ0n) is 11.7. The van der Waals surface area contributed by atoms with Crippen molar-refractivity contribution in [3.8, 4) is 0 Å². The molecule has 0 bridgehead atoms. The summed E-state index contributed by atoms with van der Waals surface area (Å²) < 4.78 is 0. The zero-order chi connectivity index (χ0) is 13.8. The molecule has 2 rings (SSSR count). The number of hydrogen-bond acceptors (Lipinski definition) is 3. The lowest BCUT2D eigenvalue weighted by atomic mass is 10.1. The Kier molecular flexibility index (Phi) is 4.17. The van der Waals surface area contributed by atoms with Crippen molar-refractivity contribution in [2.24, 2.45) is 0 Å². The van der Waals surface area contributed by atoms with E-state index in [0.29, 0.717) is 0 Å². The molecule has 0 spiro atoms. The first-order valence-corrected chi connectivity index (χ1v) is 6.47. The van der Waals surface area contributed by atoms with Crippen LogP contribution in [0.1, 0.15) is 29.7 Å². The maximum absolute atomic E-state index is 9.60. The van der Waals surface area contributed by atoms with Crippen molar-refractivity contribution in [2.45, 2.75) is 26.5 Å². The third-order valence-electron chi connectivity index (χ3n) is 3.18. The number of pyridine rings is 1. The lowest BCUT2D eigenvalue weighted by Crippen LogP contribution is -2.17. The molecular weight excluding hydrogens is 236 g/mol. The van der Waals surface area contributed by atoms with Crippen LogP contribution in [0.2, 0.25) is 0 Å². The molecule has 0 saturated carbocycles. The van der Waals surface area contributed by atoms with Crippen molar-refractivity contribution in [1.82, 2.24) is 4.98 Å². The van der Waals surface area contributed by atoms with Gasteiger partial charge in [-0.25, -0.2) is 4.98 Å². The Hall–Kier alpha value is -1.87. The molecule has 0 amide bonds. The molecule has 3 heteroatoms. The highest BCUT2D eigenvalue weighted by molar-refractivity contribution is 5.41. The van der Waals surface area contributed by atoms with Crippen LogP contribution in [-0.2, 0) is 6.54 Å². The highest BCUT2D eigenvalue weighted by Crippen LogP contribution is 2.18. The second kappa shape index (κ2) is 5.85. The lowest BCUT2D eigenvalue weighted by molar-refractivity contribution is 0.199. The molecule has 1 N–H and O–H groups in total. The van der Waals surface area contributed by atoms with Crippen LogP contribution < -0.4 is 4.90 Å². The minimum absolute atomic E-state index is 0.463. The van der Waals surface area contributed by atoms with E-state index in [9.17, 15) is 5.11 Å². The number of rotatable bonds is 4. The highest BCUT2D eigenvalue weighted by Gasteiger charge is 2.07. The Morgan fingerprint density at radius 2 is 1.89 bits per heavy atom. The summed E-state index contributed by atoms with van der Waals surface area (Å²) in [5.41, 5.74) is 3.40. The number of hydrogen-bond donors (Lipinski definition) is 1. The number of anilines is 1. The predicted octanol–water partition coefficient (Wildman–Crippen LogP) is 3.08. The highest BCUT2D eigenvalue weighted by atomic mass is 16.3. The van der Waals surface area contributed by atoms with Crippen LogP contribution in [0.4, 0.5) is 5.82 Å². The molecule has 0 aliphatic rings. The van der Waals surface area contributed by atoms with Crippen molar-refractivity contribution in [1.29, 1.82) is 0 Å². The van der Waals surface area contributed by atoms with Gasteiger partial charge in [0.2, 0.25) is 0 Å². The number of benzene rings is 1. The Bertz CT molecular complexity index is 535. The lowest BCUT2D eigenvalue weighted by Gasteiger charge is -2.19. The van der Waals surface area contributed by atoms with Gasteiger partial charge in [0.25, 0.3) is 0 Å². The van der Waals surface area contributed by atoms with Gasteiger partial charge in [-0.15, -0.1) is 0 Å². The van der Waals surface area contributed by atoms with Gasteiger partial charge in [-0.3, -0.25) is 0 Å². The summed E-state index contributed by atoms with van der Waals surface area (Å²) in [5, 5.41) is 9.60. The molecule has 1 aromatic carbocycles. The fourth-order valence-electron chi connectivity index (χ4n) is 1.95. The summed E-state index contributed by atoms with van der Waals surface area (Å²) in [6.45, 7) is 4.65. The van der Waals surface area contributed by atoms with Crippen LogP contribution in [0.15, 0.2) is 42.6 Å². The minimum Gasteiger partial charge on any atom is -0.389 e. The number of aliphatic hydroxyl groups is 1. The fourth-order valence-corrected chi connectivity index (χ4v) is 1.95. The summed E-state index contributed by atoms with van der Waals surface area (Å²) in [6.07, 6.45) is 1.28. The van der Waals surface area contributed by atoms with E-state index in [4.69, 9.17) is 0 Å². The summed E-state index contributed by atoms with van der Waals surface area (Å²) in [5.74, 6) is 0.874. The molecular formula is C16H20N2O. The van der Waals surface area contributed by atoms with Gasteiger partial charge in [0, 0.05) is 19.8 Å². The molecule has 0 fully saturated rings. The largest absolute Gasteiger partial charge is 0.389 e. The van der Waals surface area contributed by atoms with E-state index in [1.54, 1.807) is 13.1 Å². The van der Waals surface area contributed by atoms with Gasteiger partial charge >= 0.3 is 0 Å². The maximum Gasteiger partial charge on any atom is 0.128 e. The molecule has 1 heterocycles. The van der Waals surface area contributed by atoms with Crippen molar-refractivity contribution < 1.29 is 5.11 Å². The van der Waals surface area contributed by atoms with Gasteiger partial charge in [-0.1, -0.05) is 29.8 Å². The van der Waals surface area contributed by atoms with Crippen LogP contribution in [-0.4, -0.2) is 17.1 Å². The molecule has 0 radical (unpaired) electrons. The molecule has 0 aliphatic carbocycles. The predicted molar refractivity (Wildman–Crippen MR) is 78.2 cm³/mol. The molecule has 1 unspecified atom stereocenters. The van der Waals surface area contributed by atoms with Crippen LogP contribution in [0.5, 0.6) is 0 Å². The molecule has 2 aromatic rings. The van der Waals surface area contributed by atoms with Gasteiger partial charge in [0.15, 0.2) is 0 Å². The van der Waals surface area contributed by atoms with Gasteiger partial charge in [0.05, 0.1) is 6.10 Å². The van der Waals surface area contributed by atoms with Crippen LogP contribution in [0, 0.1) is 6.92 Å². The quantitative estimate of drug-likeness (QED) is 0.913. The van der Waals surface area contributed by atoms with Gasteiger partial charge in [-0.2, -0.15) is 0 Å². The van der Waals surface area contributed by atoms with E-state index >= 15 is 0 Å². The molecule has 1 atom stereocenters. The van der Waals surface area contributed by atoms with E-state index in [1.165, 1.54) is 11.1 Å². The van der Waals surface area contributed by atoms with Crippen molar-refractivity contribution in [3.63, 3.8) is 0 Å². The van der Waals surface area contributed by atoms with Crippen LogP contribution in [0.3, 0.4) is 0 Å². The minimum atomic E-state index is -0.463. The number of nitrogens with zero attached hydrogens (tertiary/aromatic N) is 2. The smallest absolute Gasteiger partial charge is 0.128 e. The number of aliphatic hydroxyl groups excluding tert-OH is 1. The van der Waals surface area contributed by atoms with Crippen molar-refractivity contribution >= 4 is 5.82 Å². The number of aromatic nitrogens is 1. The molecule has 19 heavy (non-hydrogen) atoms. The molecule has 100 valence electrons. The summed E-state index contributed by atoms with van der Waals surface area (Å²) >= 11 is 0. The Balaban J connectivity index is 2.13. The molecule has 0 aliphatic heterocycles. The SMILES string of the molecule is Cc1ccc(CN(C)c2cc(C(C)O)ccn2)cc1. The zero-order valence-corrected chi connectivity index (χ0v) is 11.7. The van der Waals surface area contributed by atoms with E-state index in [-0.39, 0.29) is 0 Å². The van der Waals surface area contributed by atoms with E-state index < -0.39 is 6.10 Å². The molecule has 3 nitrogen and oxygen atoms in total. The third-order valence-corrected chi connectivity index (χ3v) is 3.18. The first kappa shape index (κ1) is 13.6. The van der Waals surface area contributed by atoms with Gasteiger partial charge < -0.3 is 10.0 Å².